The van der Waals surface area contributed by atoms with Crippen LogP contribution < -0.4 is 0 Å². The maximum absolute atomic E-state index is 12.4. The SMILES string of the molecule is CC[C@H](C(=O)OC)N(Cc1ccccc1)C(=O)C1CC1. The number of rotatable bonds is 6. The summed E-state index contributed by atoms with van der Waals surface area (Å²) in [5, 5.41) is 0. The van der Waals surface area contributed by atoms with Crippen LogP contribution in [0.3, 0.4) is 0 Å². The Morgan fingerprint density at radius 3 is 2.45 bits per heavy atom. The summed E-state index contributed by atoms with van der Waals surface area (Å²) in [4.78, 5) is 26.0. The van der Waals surface area contributed by atoms with Gasteiger partial charge in [0.25, 0.3) is 0 Å². The molecule has 1 atom stereocenters. The number of benzene rings is 1. The maximum atomic E-state index is 12.4. The van der Waals surface area contributed by atoms with Crippen LogP contribution in [-0.4, -0.2) is 29.9 Å². The molecule has 1 aliphatic carbocycles. The molecule has 0 radical (unpaired) electrons. The molecule has 1 amide bonds. The molecule has 20 heavy (non-hydrogen) atoms. The lowest BCUT2D eigenvalue weighted by Crippen LogP contribution is -2.45. The van der Waals surface area contributed by atoms with Gasteiger partial charge in [0.05, 0.1) is 7.11 Å². The van der Waals surface area contributed by atoms with E-state index in [0.29, 0.717) is 13.0 Å². The molecule has 1 aromatic carbocycles. The highest BCUT2D eigenvalue weighted by Crippen LogP contribution is 2.32. The van der Waals surface area contributed by atoms with E-state index in [1.54, 1.807) is 4.90 Å². The number of methoxy groups -OCH3 is 1. The van der Waals surface area contributed by atoms with Crippen LogP contribution in [0.4, 0.5) is 0 Å². The number of carbonyl (C=O) groups is 2. The normalized spacial score (nSPS) is 15.5. The summed E-state index contributed by atoms with van der Waals surface area (Å²) < 4.78 is 4.84. The van der Waals surface area contributed by atoms with Crippen molar-refractivity contribution in [2.75, 3.05) is 7.11 Å². The molecule has 2 rings (SSSR count). The third kappa shape index (κ3) is 3.38. The predicted molar refractivity (Wildman–Crippen MR) is 75.8 cm³/mol. The largest absolute Gasteiger partial charge is 0.467 e. The highest BCUT2D eigenvalue weighted by atomic mass is 16.5. The maximum Gasteiger partial charge on any atom is 0.328 e. The fraction of sp³-hybridized carbons (Fsp3) is 0.500. The Bertz CT molecular complexity index is 468. The lowest BCUT2D eigenvalue weighted by atomic mass is 10.1. The van der Waals surface area contributed by atoms with E-state index in [-0.39, 0.29) is 17.8 Å². The van der Waals surface area contributed by atoms with Gasteiger partial charge in [0.2, 0.25) is 5.91 Å². The monoisotopic (exact) mass is 275 g/mol. The van der Waals surface area contributed by atoms with Crippen molar-refractivity contribution in [1.29, 1.82) is 0 Å². The van der Waals surface area contributed by atoms with E-state index in [4.69, 9.17) is 4.74 Å². The van der Waals surface area contributed by atoms with E-state index in [0.717, 1.165) is 18.4 Å². The molecule has 1 aliphatic rings. The average molecular weight is 275 g/mol. The molecule has 0 aliphatic heterocycles. The van der Waals surface area contributed by atoms with E-state index in [2.05, 4.69) is 0 Å². The molecule has 0 N–H and O–H groups in total. The average Bonchev–Trinajstić information content (AvgIpc) is 3.31. The van der Waals surface area contributed by atoms with Crippen LogP contribution in [0.15, 0.2) is 30.3 Å². The quantitative estimate of drug-likeness (QED) is 0.749. The van der Waals surface area contributed by atoms with Gasteiger partial charge in [0.1, 0.15) is 6.04 Å². The molecule has 0 spiro atoms. The van der Waals surface area contributed by atoms with Gasteiger partial charge >= 0.3 is 5.97 Å². The zero-order chi connectivity index (χ0) is 14.5. The molecule has 1 aromatic rings. The number of esters is 1. The summed E-state index contributed by atoms with van der Waals surface area (Å²) in [6.07, 6.45) is 2.43. The van der Waals surface area contributed by atoms with Gasteiger partial charge in [-0.15, -0.1) is 0 Å². The van der Waals surface area contributed by atoms with Crippen LogP contribution in [0.5, 0.6) is 0 Å². The number of hydrogen-bond donors (Lipinski definition) is 0. The van der Waals surface area contributed by atoms with Crippen molar-refractivity contribution in [3.8, 4) is 0 Å². The van der Waals surface area contributed by atoms with Crippen molar-refractivity contribution in [3.05, 3.63) is 35.9 Å². The van der Waals surface area contributed by atoms with Crippen molar-refractivity contribution in [1.82, 2.24) is 4.90 Å². The predicted octanol–water partition coefficient (Wildman–Crippen LogP) is 2.38. The lowest BCUT2D eigenvalue weighted by Gasteiger charge is -2.29. The van der Waals surface area contributed by atoms with Crippen LogP contribution in [0.25, 0.3) is 0 Å². The smallest absolute Gasteiger partial charge is 0.328 e. The third-order valence-electron chi connectivity index (χ3n) is 3.64. The van der Waals surface area contributed by atoms with Gasteiger partial charge < -0.3 is 9.64 Å². The molecule has 0 bridgehead atoms. The summed E-state index contributed by atoms with van der Waals surface area (Å²) in [6.45, 7) is 2.36. The van der Waals surface area contributed by atoms with Crippen LogP contribution in [0.2, 0.25) is 0 Å². The molecular formula is C16H21NO3. The molecule has 1 saturated carbocycles. The van der Waals surface area contributed by atoms with Crippen molar-refractivity contribution in [2.45, 2.75) is 38.8 Å². The highest BCUT2D eigenvalue weighted by Gasteiger charge is 2.38. The molecule has 0 unspecified atom stereocenters. The molecule has 4 nitrogen and oxygen atoms in total. The van der Waals surface area contributed by atoms with Gasteiger partial charge in [-0.2, -0.15) is 0 Å². The van der Waals surface area contributed by atoms with Crippen molar-refractivity contribution in [3.63, 3.8) is 0 Å². The van der Waals surface area contributed by atoms with Gasteiger partial charge in [-0.3, -0.25) is 4.79 Å². The first-order valence-corrected chi connectivity index (χ1v) is 7.09. The number of amides is 1. The second-order valence-electron chi connectivity index (χ2n) is 5.17. The molecule has 1 fully saturated rings. The van der Waals surface area contributed by atoms with E-state index in [1.165, 1.54) is 7.11 Å². The Balaban J connectivity index is 2.19. The van der Waals surface area contributed by atoms with Crippen LogP contribution in [0.1, 0.15) is 31.7 Å². The van der Waals surface area contributed by atoms with Crippen molar-refractivity contribution >= 4 is 11.9 Å². The van der Waals surface area contributed by atoms with E-state index < -0.39 is 6.04 Å². The zero-order valence-electron chi connectivity index (χ0n) is 12.0. The van der Waals surface area contributed by atoms with E-state index in [1.807, 2.05) is 37.3 Å². The second kappa shape index (κ2) is 6.55. The summed E-state index contributed by atoms with van der Waals surface area (Å²) in [7, 11) is 1.37. The Kier molecular flexibility index (Phi) is 4.77. The fourth-order valence-electron chi connectivity index (χ4n) is 2.34. The minimum Gasteiger partial charge on any atom is -0.467 e. The first-order chi connectivity index (χ1) is 9.67. The second-order valence-corrected chi connectivity index (χ2v) is 5.17. The third-order valence-corrected chi connectivity index (χ3v) is 3.64. The standard InChI is InChI=1S/C16H21NO3/c1-3-14(16(19)20-2)17(15(18)13-9-10-13)11-12-7-5-4-6-8-12/h4-8,13-14H,3,9-11H2,1-2H3/t14-/m1/s1. The topological polar surface area (TPSA) is 46.6 Å². The summed E-state index contributed by atoms with van der Waals surface area (Å²) >= 11 is 0. The molecule has 4 heteroatoms. The summed E-state index contributed by atoms with van der Waals surface area (Å²) in [6, 6.07) is 9.26. The Hall–Kier alpha value is -1.84. The number of ether oxygens (including phenoxy) is 1. The minimum absolute atomic E-state index is 0.0751. The number of hydrogen-bond acceptors (Lipinski definition) is 3. The van der Waals surface area contributed by atoms with Gasteiger partial charge in [-0.25, -0.2) is 4.79 Å². The van der Waals surface area contributed by atoms with Gasteiger partial charge in [0.15, 0.2) is 0 Å². The Morgan fingerprint density at radius 2 is 1.95 bits per heavy atom. The minimum atomic E-state index is -0.492. The van der Waals surface area contributed by atoms with Gasteiger partial charge in [-0.05, 0) is 24.8 Å². The Morgan fingerprint density at radius 1 is 1.30 bits per heavy atom. The van der Waals surface area contributed by atoms with E-state index in [9.17, 15) is 9.59 Å². The zero-order valence-corrected chi connectivity index (χ0v) is 12.0. The van der Waals surface area contributed by atoms with Crippen LogP contribution in [-0.2, 0) is 20.9 Å². The number of nitrogens with zero attached hydrogens (tertiary/aromatic N) is 1. The van der Waals surface area contributed by atoms with Crippen LogP contribution in [0, 0.1) is 5.92 Å². The summed E-state index contributed by atoms with van der Waals surface area (Å²) in [5.41, 5.74) is 1.03. The fourth-order valence-corrected chi connectivity index (χ4v) is 2.34. The van der Waals surface area contributed by atoms with Crippen molar-refractivity contribution in [2.24, 2.45) is 5.92 Å². The number of carbonyl (C=O) groups excluding carboxylic acids is 2. The van der Waals surface area contributed by atoms with Gasteiger partial charge in [-0.1, -0.05) is 37.3 Å². The molecule has 108 valence electrons. The highest BCUT2D eigenvalue weighted by molar-refractivity contribution is 5.87. The van der Waals surface area contributed by atoms with Crippen LogP contribution >= 0.6 is 0 Å². The Labute approximate surface area is 119 Å². The van der Waals surface area contributed by atoms with Crippen molar-refractivity contribution < 1.29 is 14.3 Å². The molecule has 0 heterocycles. The van der Waals surface area contributed by atoms with E-state index >= 15 is 0 Å². The first kappa shape index (κ1) is 14.6. The molecule has 0 aromatic heterocycles. The first-order valence-electron chi connectivity index (χ1n) is 7.09. The van der Waals surface area contributed by atoms with Gasteiger partial charge in [0, 0.05) is 12.5 Å². The lowest BCUT2D eigenvalue weighted by molar-refractivity contribution is -0.154. The molecule has 0 saturated heterocycles. The molecular weight excluding hydrogens is 254 g/mol. The summed E-state index contributed by atoms with van der Waals surface area (Å²) in [5.74, 6) is -0.166.